The molecule has 1 aromatic heterocycles. The van der Waals surface area contributed by atoms with Crippen molar-refractivity contribution in [1.82, 2.24) is 10.3 Å². The number of aromatic nitrogens is 1. The zero-order valence-electron chi connectivity index (χ0n) is 20.0. The highest BCUT2D eigenvalue weighted by Crippen LogP contribution is 2.53. The molecule has 186 valence electrons. The van der Waals surface area contributed by atoms with Crippen LogP contribution in [0.4, 0.5) is 13.2 Å². The average Bonchev–Trinajstić information content (AvgIpc) is 3.14. The second-order valence-corrected chi connectivity index (χ2v) is 10.3. The first-order chi connectivity index (χ1) is 16.7. The summed E-state index contributed by atoms with van der Waals surface area (Å²) in [6.45, 7) is 2.01. The summed E-state index contributed by atoms with van der Waals surface area (Å²) < 4.78 is 44.9. The van der Waals surface area contributed by atoms with E-state index in [9.17, 15) is 18.0 Å². The number of nitrogens with one attached hydrogen (secondary N) is 1. The maximum Gasteiger partial charge on any atom is 0.416 e. The number of alkyl halides is 3. The molecule has 3 fully saturated rings. The van der Waals surface area contributed by atoms with Gasteiger partial charge in [-0.05, 0) is 87.2 Å². The highest BCUT2D eigenvalue weighted by atomic mass is 19.4. The maximum atomic E-state index is 13.1. The van der Waals surface area contributed by atoms with E-state index >= 15 is 0 Å². The molecule has 35 heavy (non-hydrogen) atoms. The Morgan fingerprint density at radius 3 is 2.66 bits per heavy atom. The molecule has 3 aliphatic rings. The van der Waals surface area contributed by atoms with E-state index in [1.807, 2.05) is 26.1 Å². The van der Waals surface area contributed by atoms with Gasteiger partial charge in [-0.15, -0.1) is 0 Å². The third kappa shape index (κ3) is 4.75. The molecule has 7 atom stereocenters. The zero-order valence-corrected chi connectivity index (χ0v) is 20.0. The molecule has 1 aromatic carbocycles. The average molecular weight is 485 g/mol. The summed E-state index contributed by atoms with van der Waals surface area (Å²) in [4.78, 5) is 17.1. The molecule has 5 rings (SSSR count). The highest BCUT2D eigenvalue weighted by molar-refractivity contribution is 5.75. The van der Waals surface area contributed by atoms with E-state index in [1.54, 1.807) is 18.3 Å². The molecule has 2 heterocycles. The normalized spacial score (nSPS) is 32.8. The van der Waals surface area contributed by atoms with Crippen LogP contribution in [0.2, 0.25) is 0 Å². The fraction of sp³-hybridized carbons (Fsp3) is 0.500. The van der Waals surface area contributed by atoms with Crippen molar-refractivity contribution in [1.29, 1.82) is 0 Å². The molecule has 2 aromatic rings. The van der Waals surface area contributed by atoms with Gasteiger partial charge >= 0.3 is 12.1 Å². The molecule has 0 radical (unpaired) electrons. The van der Waals surface area contributed by atoms with Crippen molar-refractivity contribution < 1.29 is 22.7 Å². The van der Waals surface area contributed by atoms with Crippen LogP contribution in [0.1, 0.15) is 43.9 Å². The quantitative estimate of drug-likeness (QED) is 0.543. The van der Waals surface area contributed by atoms with Gasteiger partial charge < -0.3 is 10.1 Å². The SMILES string of the molecule is CN[C@@H]1CCC2C(/C=C/c3ccc(-c4cccc(C(F)(F)F)c4)cn3)[C@@H]3[C@@H](C)OC(=O)[C@@H]3C[C@@H]2C1. The molecule has 0 amide bonds. The molecule has 7 heteroatoms. The van der Waals surface area contributed by atoms with Crippen molar-refractivity contribution in [2.75, 3.05) is 7.05 Å². The lowest BCUT2D eigenvalue weighted by atomic mass is 9.57. The molecule has 2 aliphatic carbocycles. The standard InChI is InChI=1S/C28H31F3N2O2/c1-16-26-24(23-10-9-22(32-2)13-19(23)14-25(26)27(34)35-16)11-8-21-7-6-18(15-33-21)17-4-3-5-20(12-17)28(29,30)31/h3-8,11-12,15-16,19,22-26,32H,9-10,13-14H2,1-2H3/b11-8+/t16-,19+,22-,23?,24?,25-,26+/m1/s1. The fourth-order valence-corrected chi connectivity index (χ4v) is 6.64. The second kappa shape index (κ2) is 9.41. The first kappa shape index (κ1) is 24.0. The number of allylic oxidation sites excluding steroid dienone is 1. The van der Waals surface area contributed by atoms with E-state index in [1.165, 1.54) is 6.07 Å². The lowest BCUT2D eigenvalue weighted by Gasteiger charge is -2.47. The van der Waals surface area contributed by atoms with Crippen LogP contribution in [0.3, 0.4) is 0 Å². The number of rotatable bonds is 4. The molecule has 0 bridgehead atoms. The molecule has 2 saturated carbocycles. The van der Waals surface area contributed by atoms with Gasteiger partial charge in [0.15, 0.2) is 0 Å². The van der Waals surface area contributed by atoms with Gasteiger partial charge in [-0.3, -0.25) is 9.78 Å². The summed E-state index contributed by atoms with van der Waals surface area (Å²) in [5, 5.41) is 3.41. The number of carbonyl (C=O) groups is 1. The van der Waals surface area contributed by atoms with Crippen LogP contribution in [-0.4, -0.2) is 30.1 Å². The molecule has 1 N–H and O–H groups in total. The van der Waals surface area contributed by atoms with Crippen molar-refractivity contribution in [3.63, 3.8) is 0 Å². The number of hydrogen-bond acceptors (Lipinski definition) is 4. The molecule has 4 nitrogen and oxygen atoms in total. The minimum Gasteiger partial charge on any atom is -0.462 e. The number of pyridine rings is 1. The fourth-order valence-electron chi connectivity index (χ4n) is 6.64. The van der Waals surface area contributed by atoms with E-state index in [-0.39, 0.29) is 29.8 Å². The summed E-state index contributed by atoms with van der Waals surface area (Å²) >= 11 is 0. The Bertz CT molecular complexity index is 1100. The lowest BCUT2D eigenvalue weighted by Crippen LogP contribution is -2.46. The van der Waals surface area contributed by atoms with Crippen LogP contribution < -0.4 is 5.32 Å². The summed E-state index contributed by atoms with van der Waals surface area (Å²) in [6.07, 6.45) is 5.59. The maximum absolute atomic E-state index is 13.1. The Hall–Kier alpha value is -2.67. The summed E-state index contributed by atoms with van der Waals surface area (Å²) in [5.74, 6) is 1.31. The predicted octanol–water partition coefficient (Wildman–Crippen LogP) is 5.98. The third-order valence-electron chi connectivity index (χ3n) is 8.36. The zero-order chi connectivity index (χ0) is 24.7. The van der Waals surface area contributed by atoms with Crippen molar-refractivity contribution >= 4 is 12.0 Å². The largest absolute Gasteiger partial charge is 0.462 e. The number of hydrogen-bond donors (Lipinski definition) is 1. The van der Waals surface area contributed by atoms with E-state index in [2.05, 4.69) is 16.4 Å². The molecule has 2 unspecified atom stereocenters. The van der Waals surface area contributed by atoms with Gasteiger partial charge in [-0.1, -0.05) is 24.3 Å². The van der Waals surface area contributed by atoms with Crippen LogP contribution in [0.25, 0.3) is 17.2 Å². The molecule has 1 saturated heterocycles. The summed E-state index contributed by atoms with van der Waals surface area (Å²) in [5.41, 5.74) is 1.20. The van der Waals surface area contributed by atoms with Gasteiger partial charge in [0.25, 0.3) is 0 Å². The van der Waals surface area contributed by atoms with Crippen molar-refractivity contribution in [2.24, 2.45) is 29.6 Å². The molecular weight excluding hydrogens is 453 g/mol. The topological polar surface area (TPSA) is 51.2 Å². The van der Waals surface area contributed by atoms with E-state index in [0.29, 0.717) is 29.0 Å². The second-order valence-electron chi connectivity index (χ2n) is 10.3. The third-order valence-corrected chi connectivity index (χ3v) is 8.36. The minimum atomic E-state index is -4.38. The Labute approximate surface area is 204 Å². The Kier molecular flexibility index (Phi) is 6.47. The first-order valence-electron chi connectivity index (χ1n) is 12.4. The number of fused-ring (bicyclic) bond motifs is 2. The number of benzene rings is 1. The molecular formula is C28H31F3N2O2. The molecule has 0 spiro atoms. The van der Waals surface area contributed by atoms with E-state index < -0.39 is 11.7 Å². The monoisotopic (exact) mass is 484 g/mol. The number of esters is 1. The van der Waals surface area contributed by atoms with E-state index in [4.69, 9.17) is 4.74 Å². The van der Waals surface area contributed by atoms with Crippen LogP contribution >= 0.6 is 0 Å². The number of carbonyl (C=O) groups excluding carboxylic acids is 1. The smallest absolute Gasteiger partial charge is 0.416 e. The highest BCUT2D eigenvalue weighted by Gasteiger charge is 2.54. The van der Waals surface area contributed by atoms with Gasteiger partial charge in [0.1, 0.15) is 6.10 Å². The van der Waals surface area contributed by atoms with Crippen molar-refractivity contribution in [3.05, 3.63) is 59.9 Å². The van der Waals surface area contributed by atoms with Crippen LogP contribution in [0, 0.1) is 29.6 Å². The summed E-state index contributed by atoms with van der Waals surface area (Å²) in [7, 11) is 2.01. The van der Waals surface area contributed by atoms with Crippen molar-refractivity contribution in [2.45, 2.75) is 50.9 Å². The summed E-state index contributed by atoms with van der Waals surface area (Å²) in [6, 6.07) is 9.42. The number of ether oxygens (including phenoxy) is 1. The number of nitrogens with zero attached hydrogens (tertiary/aromatic N) is 1. The Morgan fingerprint density at radius 2 is 1.94 bits per heavy atom. The van der Waals surface area contributed by atoms with Crippen molar-refractivity contribution in [3.8, 4) is 11.1 Å². The minimum absolute atomic E-state index is 0.0484. The lowest BCUT2D eigenvalue weighted by molar-refractivity contribution is -0.144. The first-order valence-corrected chi connectivity index (χ1v) is 12.4. The van der Waals surface area contributed by atoms with Gasteiger partial charge in [-0.2, -0.15) is 13.2 Å². The van der Waals surface area contributed by atoms with Crippen LogP contribution in [-0.2, 0) is 15.7 Å². The van der Waals surface area contributed by atoms with Gasteiger partial charge in [-0.25, -0.2) is 0 Å². The Balaban J connectivity index is 1.37. The molecule has 1 aliphatic heterocycles. The number of halogens is 3. The van der Waals surface area contributed by atoms with E-state index in [0.717, 1.165) is 43.5 Å². The van der Waals surface area contributed by atoms with Gasteiger partial charge in [0.2, 0.25) is 0 Å². The Morgan fingerprint density at radius 1 is 1.11 bits per heavy atom. The van der Waals surface area contributed by atoms with Gasteiger partial charge in [0.05, 0.1) is 17.2 Å². The predicted molar refractivity (Wildman–Crippen MR) is 128 cm³/mol. The van der Waals surface area contributed by atoms with Gasteiger partial charge in [0, 0.05) is 23.7 Å². The van der Waals surface area contributed by atoms with Crippen LogP contribution in [0.5, 0.6) is 0 Å². The number of cyclic esters (lactones) is 1. The van der Waals surface area contributed by atoms with Crippen LogP contribution in [0.15, 0.2) is 48.7 Å².